The Morgan fingerprint density at radius 1 is 1.75 bits per heavy atom. The Morgan fingerprint density at radius 3 is 2.75 bits per heavy atom. The molecule has 47 valence electrons. The Balaban J connectivity index is 2.99. The van der Waals surface area contributed by atoms with Crippen molar-refractivity contribution in [1.82, 2.24) is 0 Å². The minimum Gasteiger partial charge on any atom is -0.463 e. The summed E-state index contributed by atoms with van der Waals surface area (Å²) in [5.74, 6) is -0.456. The summed E-state index contributed by atoms with van der Waals surface area (Å²) < 4.78 is 15.5. The minimum atomic E-state index is -0.619. The molecule has 0 saturated carbocycles. The van der Waals surface area contributed by atoms with E-state index in [4.69, 9.17) is 0 Å². The Kier molecular flexibility index (Phi) is 4.21. The van der Waals surface area contributed by atoms with Crippen LogP contribution in [0.25, 0.3) is 0 Å². The summed E-state index contributed by atoms with van der Waals surface area (Å²) in [5, 5.41) is 0. The molecule has 0 aromatic carbocycles. The smallest absolute Gasteiger partial charge is 0.305 e. The van der Waals surface area contributed by atoms with E-state index in [0.29, 0.717) is 0 Å². The second-order valence-electron chi connectivity index (χ2n) is 1.16. The van der Waals surface area contributed by atoms with Crippen molar-refractivity contribution in [2.75, 3.05) is 13.3 Å². The number of rotatable bonds is 3. The molecule has 2 nitrogen and oxygen atoms in total. The molecule has 0 fully saturated rings. The molecule has 0 aliphatic rings. The summed E-state index contributed by atoms with van der Waals surface area (Å²) in [5.41, 5.74) is 0. The predicted molar refractivity (Wildman–Crippen MR) is 26.9 cm³/mol. The van der Waals surface area contributed by atoms with Gasteiger partial charge in [-0.1, -0.05) is 0 Å². The topological polar surface area (TPSA) is 26.3 Å². The van der Waals surface area contributed by atoms with Crippen molar-refractivity contribution in [3.05, 3.63) is 6.92 Å². The molecule has 0 N–H and O–H groups in total. The van der Waals surface area contributed by atoms with Crippen molar-refractivity contribution in [1.29, 1.82) is 0 Å². The lowest BCUT2D eigenvalue weighted by Gasteiger charge is -1.95. The number of hydrogen-bond acceptors (Lipinski definition) is 2. The van der Waals surface area contributed by atoms with Crippen molar-refractivity contribution in [3.8, 4) is 0 Å². The van der Waals surface area contributed by atoms with E-state index in [9.17, 15) is 9.18 Å². The molecule has 0 atom stereocenters. The zero-order valence-corrected chi connectivity index (χ0v) is 4.52. The first kappa shape index (κ1) is 7.40. The molecule has 0 amide bonds. The maximum Gasteiger partial charge on any atom is 0.305 e. The van der Waals surface area contributed by atoms with Gasteiger partial charge in [-0.25, -0.2) is 4.39 Å². The first-order chi connectivity index (χ1) is 3.81. The van der Waals surface area contributed by atoms with Crippen molar-refractivity contribution in [2.24, 2.45) is 0 Å². The highest BCUT2D eigenvalue weighted by Gasteiger charge is 1.94. The molecule has 0 rings (SSSR count). The first-order valence-corrected chi connectivity index (χ1v) is 2.32. The van der Waals surface area contributed by atoms with Crippen molar-refractivity contribution < 1.29 is 13.9 Å². The van der Waals surface area contributed by atoms with E-state index in [1.165, 1.54) is 0 Å². The summed E-state index contributed by atoms with van der Waals surface area (Å²) in [7, 11) is 0. The first-order valence-electron chi connectivity index (χ1n) is 2.32. The molecule has 0 saturated heterocycles. The average Bonchev–Trinajstić information content (AvgIpc) is 1.83. The molecule has 0 aromatic heterocycles. The highest BCUT2D eigenvalue weighted by Crippen LogP contribution is 1.82. The Hall–Kier alpha value is -0.600. The molecule has 0 aliphatic carbocycles. The molecular weight excluding hydrogens is 111 g/mol. The van der Waals surface area contributed by atoms with Crippen LogP contribution in [0.2, 0.25) is 0 Å². The van der Waals surface area contributed by atoms with Crippen molar-refractivity contribution in [2.45, 2.75) is 6.42 Å². The quantitative estimate of drug-likeness (QED) is 0.512. The standard InChI is InChI=1S/C5H8FO2/c1-2-5(7)8-4-3-6/h1-4H2. The van der Waals surface area contributed by atoms with Crippen LogP contribution in [0, 0.1) is 6.92 Å². The van der Waals surface area contributed by atoms with Gasteiger partial charge in [0.1, 0.15) is 13.3 Å². The lowest BCUT2D eigenvalue weighted by Crippen LogP contribution is -2.04. The van der Waals surface area contributed by atoms with Gasteiger partial charge in [-0.3, -0.25) is 4.79 Å². The van der Waals surface area contributed by atoms with Gasteiger partial charge in [-0.15, -0.1) is 0 Å². The Labute approximate surface area is 47.6 Å². The van der Waals surface area contributed by atoms with E-state index in [1.807, 2.05) is 0 Å². The molecule has 0 bridgehead atoms. The molecule has 0 aliphatic heterocycles. The zero-order chi connectivity index (χ0) is 6.41. The van der Waals surface area contributed by atoms with E-state index in [-0.39, 0.29) is 13.0 Å². The van der Waals surface area contributed by atoms with E-state index in [0.717, 1.165) is 0 Å². The van der Waals surface area contributed by atoms with Gasteiger partial charge in [0.05, 0.1) is 0 Å². The zero-order valence-electron chi connectivity index (χ0n) is 4.52. The molecule has 1 radical (unpaired) electrons. The summed E-state index contributed by atoms with van der Waals surface area (Å²) in [4.78, 5) is 10.1. The van der Waals surface area contributed by atoms with Gasteiger partial charge in [-0.2, -0.15) is 0 Å². The third-order valence-electron chi connectivity index (χ3n) is 0.544. The van der Waals surface area contributed by atoms with Crippen LogP contribution >= 0.6 is 0 Å². The van der Waals surface area contributed by atoms with Crippen LogP contribution in [0.5, 0.6) is 0 Å². The fraction of sp³-hybridized carbons (Fsp3) is 0.600. The minimum absolute atomic E-state index is 0.0694. The van der Waals surface area contributed by atoms with E-state index >= 15 is 0 Å². The number of alkyl halides is 1. The molecular formula is C5H8FO2. The Morgan fingerprint density at radius 2 is 2.38 bits per heavy atom. The monoisotopic (exact) mass is 119 g/mol. The Bertz CT molecular complexity index is 72.8. The number of carbonyl (C=O) groups is 1. The highest BCUT2D eigenvalue weighted by atomic mass is 19.1. The van der Waals surface area contributed by atoms with Gasteiger partial charge < -0.3 is 4.74 Å². The number of hydrogen-bond donors (Lipinski definition) is 0. The highest BCUT2D eigenvalue weighted by molar-refractivity contribution is 5.69. The SMILES string of the molecule is [CH2]CC(=O)OCCF. The normalized spacial score (nSPS) is 8.75. The van der Waals surface area contributed by atoms with Crippen LogP contribution in [-0.4, -0.2) is 19.3 Å². The van der Waals surface area contributed by atoms with Gasteiger partial charge in [0.15, 0.2) is 0 Å². The summed E-state index contributed by atoms with van der Waals surface area (Å²) in [6.07, 6.45) is 0.0694. The van der Waals surface area contributed by atoms with Crippen LogP contribution in [0.1, 0.15) is 6.42 Å². The molecule has 0 aromatic rings. The van der Waals surface area contributed by atoms with E-state index < -0.39 is 12.6 Å². The van der Waals surface area contributed by atoms with Crippen LogP contribution in [-0.2, 0) is 9.53 Å². The third kappa shape index (κ3) is 3.59. The largest absolute Gasteiger partial charge is 0.463 e. The number of ether oxygens (including phenoxy) is 1. The maximum atomic E-state index is 11.2. The molecule has 0 heterocycles. The maximum absolute atomic E-state index is 11.2. The second-order valence-corrected chi connectivity index (χ2v) is 1.16. The molecule has 8 heavy (non-hydrogen) atoms. The fourth-order valence-electron chi connectivity index (χ4n) is 0.225. The van der Waals surface area contributed by atoms with Gasteiger partial charge in [0, 0.05) is 6.42 Å². The van der Waals surface area contributed by atoms with Crippen molar-refractivity contribution >= 4 is 5.97 Å². The fourth-order valence-corrected chi connectivity index (χ4v) is 0.225. The number of halogens is 1. The predicted octanol–water partition coefficient (Wildman–Crippen LogP) is 0.723. The average molecular weight is 119 g/mol. The van der Waals surface area contributed by atoms with Crippen LogP contribution in [0.3, 0.4) is 0 Å². The molecule has 0 unspecified atom stereocenters. The summed E-state index contributed by atoms with van der Waals surface area (Å²) in [6, 6.07) is 0. The van der Waals surface area contributed by atoms with Crippen LogP contribution in [0.4, 0.5) is 4.39 Å². The van der Waals surface area contributed by atoms with Gasteiger partial charge >= 0.3 is 5.97 Å². The summed E-state index contributed by atoms with van der Waals surface area (Å²) >= 11 is 0. The third-order valence-corrected chi connectivity index (χ3v) is 0.544. The number of esters is 1. The van der Waals surface area contributed by atoms with Gasteiger partial charge in [-0.05, 0) is 6.92 Å². The van der Waals surface area contributed by atoms with E-state index in [1.54, 1.807) is 0 Å². The lowest BCUT2D eigenvalue weighted by molar-refractivity contribution is -0.143. The van der Waals surface area contributed by atoms with Gasteiger partial charge in [0.25, 0.3) is 0 Å². The number of carbonyl (C=O) groups excluding carboxylic acids is 1. The molecule has 0 spiro atoms. The van der Waals surface area contributed by atoms with E-state index in [2.05, 4.69) is 11.7 Å². The van der Waals surface area contributed by atoms with Gasteiger partial charge in [0.2, 0.25) is 0 Å². The molecule has 3 heteroatoms. The lowest BCUT2D eigenvalue weighted by atomic mass is 10.5. The van der Waals surface area contributed by atoms with Crippen LogP contribution < -0.4 is 0 Å². The second kappa shape index (κ2) is 4.56. The van der Waals surface area contributed by atoms with Crippen molar-refractivity contribution in [3.63, 3.8) is 0 Å². The summed E-state index contributed by atoms with van der Waals surface area (Å²) in [6.45, 7) is 2.48. The van der Waals surface area contributed by atoms with Crippen LogP contribution in [0.15, 0.2) is 0 Å².